The SMILES string of the molecule is Brc1cn(I)c(CCI)n1. The molecule has 0 radical (unpaired) electrons. The number of halogens is 3. The Labute approximate surface area is 95.5 Å². The van der Waals surface area contributed by atoms with Crippen LogP contribution in [0.1, 0.15) is 5.82 Å². The summed E-state index contributed by atoms with van der Waals surface area (Å²) in [7, 11) is 0. The quantitative estimate of drug-likeness (QED) is 0.525. The van der Waals surface area contributed by atoms with Crippen LogP contribution in [-0.2, 0) is 6.42 Å². The molecule has 0 saturated carbocycles. The Hall–Kier alpha value is 1.15. The minimum absolute atomic E-state index is 0.918. The van der Waals surface area contributed by atoms with E-state index in [1.54, 1.807) is 0 Å². The summed E-state index contributed by atoms with van der Waals surface area (Å²) in [5.74, 6) is 1.13. The molecule has 10 heavy (non-hydrogen) atoms. The summed E-state index contributed by atoms with van der Waals surface area (Å²) >= 11 is 7.88. The Morgan fingerprint density at radius 3 is 2.80 bits per heavy atom. The minimum Gasteiger partial charge on any atom is -0.275 e. The zero-order valence-electron chi connectivity index (χ0n) is 5.02. The Morgan fingerprint density at radius 1 is 1.70 bits per heavy atom. The molecule has 0 amide bonds. The van der Waals surface area contributed by atoms with Gasteiger partial charge in [0.05, 0.1) is 22.9 Å². The number of aromatic nitrogens is 2. The zero-order chi connectivity index (χ0) is 7.56. The number of nitrogens with zero attached hydrogens (tertiary/aromatic N) is 2. The van der Waals surface area contributed by atoms with E-state index in [4.69, 9.17) is 0 Å². The molecule has 1 rings (SSSR count). The lowest BCUT2D eigenvalue weighted by Crippen LogP contribution is -1.92. The van der Waals surface area contributed by atoms with E-state index in [0.717, 1.165) is 21.3 Å². The molecule has 0 fully saturated rings. The van der Waals surface area contributed by atoms with E-state index < -0.39 is 0 Å². The molecule has 0 aromatic carbocycles. The first-order valence-corrected chi connectivity index (χ1v) is 5.98. The molecule has 56 valence electrons. The highest BCUT2D eigenvalue weighted by Crippen LogP contribution is 2.13. The average Bonchev–Trinajstić information content (AvgIpc) is 2.13. The van der Waals surface area contributed by atoms with Gasteiger partial charge in [-0.2, -0.15) is 0 Å². The van der Waals surface area contributed by atoms with Crippen LogP contribution in [0.15, 0.2) is 10.8 Å². The fraction of sp³-hybridized carbons (Fsp3) is 0.400. The van der Waals surface area contributed by atoms with Crippen LogP contribution in [0.3, 0.4) is 0 Å². The van der Waals surface area contributed by atoms with Gasteiger partial charge in [-0.3, -0.25) is 2.78 Å². The topological polar surface area (TPSA) is 17.8 Å². The van der Waals surface area contributed by atoms with Gasteiger partial charge in [0.1, 0.15) is 10.4 Å². The molecule has 1 aromatic heterocycles. The lowest BCUT2D eigenvalue weighted by molar-refractivity contribution is 0.994. The second-order valence-electron chi connectivity index (χ2n) is 1.73. The number of hydrogen-bond acceptors (Lipinski definition) is 1. The zero-order valence-corrected chi connectivity index (χ0v) is 10.9. The van der Waals surface area contributed by atoms with Crippen molar-refractivity contribution >= 4 is 61.4 Å². The van der Waals surface area contributed by atoms with E-state index in [0.29, 0.717) is 0 Å². The molecule has 0 aliphatic heterocycles. The normalized spacial score (nSPS) is 10.3. The van der Waals surface area contributed by atoms with Crippen molar-refractivity contribution in [1.82, 2.24) is 7.76 Å². The van der Waals surface area contributed by atoms with Crippen LogP contribution in [0, 0.1) is 0 Å². The van der Waals surface area contributed by atoms with E-state index in [1.165, 1.54) is 0 Å². The number of rotatable bonds is 2. The van der Waals surface area contributed by atoms with Crippen molar-refractivity contribution in [2.45, 2.75) is 6.42 Å². The molecule has 0 spiro atoms. The summed E-state index contributed by atoms with van der Waals surface area (Å²) < 4.78 is 4.05. The molecule has 0 bridgehead atoms. The Balaban J connectivity index is 2.81. The standard InChI is InChI=1S/C5H5BrI2N2/c6-4-3-10(8)5(9-4)1-2-7/h3H,1-2H2. The molecule has 0 aliphatic carbocycles. The maximum Gasteiger partial charge on any atom is 0.125 e. The van der Waals surface area contributed by atoms with Crippen molar-refractivity contribution in [1.29, 1.82) is 0 Å². The van der Waals surface area contributed by atoms with Gasteiger partial charge in [-0.1, -0.05) is 22.6 Å². The highest BCUT2D eigenvalue weighted by Gasteiger charge is 2.01. The monoisotopic (exact) mass is 426 g/mol. The first kappa shape index (κ1) is 9.24. The predicted octanol–water partition coefficient (Wildman–Crippen LogP) is 2.82. The van der Waals surface area contributed by atoms with Gasteiger partial charge >= 0.3 is 0 Å². The Bertz CT molecular complexity index is 223. The van der Waals surface area contributed by atoms with Crippen molar-refractivity contribution in [3.8, 4) is 0 Å². The second-order valence-corrected chi connectivity index (χ2v) is 4.66. The number of hydrogen-bond donors (Lipinski definition) is 0. The Morgan fingerprint density at radius 2 is 2.40 bits per heavy atom. The molecular weight excluding hydrogens is 422 g/mol. The molecular formula is C5H5BrI2N2. The molecule has 0 saturated heterocycles. The summed E-state index contributed by atoms with van der Waals surface area (Å²) in [5.41, 5.74) is 0. The van der Waals surface area contributed by atoms with Gasteiger partial charge in [0, 0.05) is 17.0 Å². The van der Waals surface area contributed by atoms with Gasteiger partial charge < -0.3 is 0 Å². The third kappa shape index (κ3) is 2.33. The van der Waals surface area contributed by atoms with Gasteiger partial charge in [-0.15, -0.1) is 0 Å². The van der Waals surface area contributed by atoms with Gasteiger partial charge in [-0.05, 0) is 15.9 Å². The summed E-state index contributed by atoms with van der Waals surface area (Å²) in [6.07, 6.45) is 3.00. The highest BCUT2D eigenvalue weighted by molar-refractivity contribution is 14.1. The van der Waals surface area contributed by atoms with Gasteiger partial charge in [0.25, 0.3) is 0 Å². The largest absolute Gasteiger partial charge is 0.275 e. The Kier molecular flexibility index (Phi) is 3.92. The molecule has 0 unspecified atom stereocenters. The van der Waals surface area contributed by atoms with Gasteiger partial charge in [0.2, 0.25) is 0 Å². The lowest BCUT2D eigenvalue weighted by Gasteiger charge is -1.92. The fourth-order valence-electron chi connectivity index (χ4n) is 0.615. The maximum absolute atomic E-state index is 4.27. The van der Waals surface area contributed by atoms with Crippen LogP contribution in [0.4, 0.5) is 0 Å². The fourth-order valence-corrected chi connectivity index (χ4v) is 2.50. The molecule has 0 N–H and O–H groups in total. The summed E-state index contributed by atoms with van der Waals surface area (Å²) in [5, 5.41) is 0. The number of imidazole rings is 1. The molecule has 1 heterocycles. The number of aryl methyl sites for hydroxylation is 1. The summed E-state index contributed by atoms with van der Waals surface area (Å²) in [4.78, 5) is 4.27. The van der Waals surface area contributed by atoms with Gasteiger partial charge in [-0.25, -0.2) is 4.98 Å². The van der Waals surface area contributed by atoms with Crippen molar-refractivity contribution in [2.75, 3.05) is 4.43 Å². The molecule has 0 aliphatic rings. The minimum atomic E-state index is 0.918. The van der Waals surface area contributed by atoms with E-state index in [1.807, 2.05) is 8.98 Å². The lowest BCUT2D eigenvalue weighted by atomic mass is 10.5. The van der Waals surface area contributed by atoms with Crippen LogP contribution >= 0.6 is 61.4 Å². The van der Waals surface area contributed by atoms with Crippen LogP contribution in [-0.4, -0.2) is 12.2 Å². The highest BCUT2D eigenvalue weighted by atomic mass is 127. The van der Waals surface area contributed by atoms with Crippen molar-refractivity contribution in [2.24, 2.45) is 0 Å². The summed E-state index contributed by atoms with van der Waals surface area (Å²) in [6, 6.07) is 0. The summed E-state index contributed by atoms with van der Waals surface area (Å²) in [6.45, 7) is 0. The van der Waals surface area contributed by atoms with Crippen LogP contribution in [0.5, 0.6) is 0 Å². The van der Waals surface area contributed by atoms with Crippen LogP contribution in [0.25, 0.3) is 0 Å². The van der Waals surface area contributed by atoms with E-state index in [9.17, 15) is 0 Å². The second kappa shape index (κ2) is 4.24. The van der Waals surface area contributed by atoms with Crippen molar-refractivity contribution < 1.29 is 0 Å². The van der Waals surface area contributed by atoms with E-state index >= 15 is 0 Å². The van der Waals surface area contributed by atoms with Crippen molar-refractivity contribution in [3.63, 3.8) is 0 Å². The first-order chi connectivity index (χ1) is 4.74. The van der Waals surface area contributed by atoms with Crippen LogP contribution < -0.4 is 0 Å². The predicted molar refractivity (Wildman–Crippen MR) is 61.9 cm³/mol. The van der Waals surface area contributed by atoms with Gasteiger partial charge in [0.15, 0.2) is 0 Å². The molecule has 1 aromatic rings. The average molecular weight is 427 g/mol. The van der Waals surface area contributed by atoms with Crippen LogP contribution in [0.2, 0.25) is 0 Å². The first-order valence-electron chi connectivity index (χ1n) is 2.70. The molecule has 0 atom stereocenters. The number of alkyl halides is 1. The molecule has 2 nitrogen and oxygen atoms in total. The third-order valence-corrected chi connectivity index (χ3v) is 2.78. The van der Waals surface area contributed by atoms with E-state index in [2.05, 4.69) is 66.4 Å². The maximum atomic E-state index is 4.27. The molecule has 5 heteroatoms. The van der Waals surface area contributed by atoms with Crippen molar-refractivity contribution in [3.05, 3.63) is 16.6 Å². The third-order valence-electron chi connectivity index (χ3n) is 1.02. The smallest absolute Gasteiger partial charge is 0.125 e. The van der Waals surface area contributed by atoms with E-state index in [-0.39, 0.29) is 0 Å².